The van der Waals surface area contributed by atoms with Crippen molar-refractivity contribution in [2.75, 3.05) is 26.6 Å². The summed E-state index contributed by atoms with van der Waals surface area (Å²) in [5.74, 6) is 2.37. The molecule has 8 heteroatoms. The number of thiophene rings is 1. The van der Waals surface area contributed by atoms with Gasteiger partial charge >= 0.3 is 0 Å². The SMILES string of the molecule is COc1cc(Nc2ncnc3cc(-c4ccc(Cl)cc4)sc23)cc(OC)c1OC. The predicted molar refractivity (Wildman–Crippen MR) is 117 cm³/mol. The number of hydrogen-bond acceptors (Lipinski definition) is 7. The third-order valence-corrected chi connectivity index (χ3v) is 5.80. The number of rotatable bonds is 6. The first-order valence-electron chi connectivity index (χ1n) is 8.70. The number of anilines is 2. The fourth-order valence-corrected chi connectivity index (χ4v) is 4.18. The van der Waals surface area contributed by atoms with Gasteiger partial charge in [-0.2, -0.15) is 0 Å². The summed E-state index contributed by atoms with van der Waals surface area (Å²) in [7, 11) is 4.74. The number of nitrogens with one attached hydrogen (secondary N) is 1. The van der Waals surface area contributed by atoms with Crippen LogP contribution < -0.4 is 19.5 Å². The van der Waals surface area contributed by atoms with Crippen LogP contribution >= 0.6 is 22.9 Å². The van der Waals surface area contributed by atoms with E-state index in [4.69, 9.17) is 25.8 Å². The van der Waals surface area contributed by atoms with Gasteiger partial charge in [-0.25, -0.2) is 9.97 Å². The fourth-order valence-electron chi connectivity index (χ4n) is 2.99. The van der Waals surface area contributed by atoms with Crippen LogP contribution in [0.1, 0.15) is 0 Å². The van der Waals surface area contributed by atoms with Gasteiger partial charge in [0.15, 0.2) is 17.3 Å². The van der Waals surface area contributed by atoms with Crippen molar-refractivity contribution in [1.29, 1.82) is 0 Å². The molecule has 0 aliphatic carbocycles. The van der Waals surface area contributed by atoms with E-state index in [2.05, 4.69) is 15.3 Å². The van der Waals surface area contributed by atoms with E-state index in [1.165, 1.54) is 0 Å². The molecule has 4 aromatic rings. The Hall–Kier alpha value is -3.03. The minimum atomic E-state index is 0.537. The van der Waals surface area contributed by atoms with E-state index in [0.717, 1.165) is 26.3 Å². The third-order valence-electron chi connectivity index (χ3n) is 4.37. The van der Waals surface area contributed by atoms with Crippen LogP contribution in [0.5, 0.6) is 17.2 Å². The first-order chi connectivity index (χ1) is 14.1. The second-order valence-electron chi connectivity index (χ2n) is 6.09. The highest BCUT2D eigenvalue weighted by molar-refractivity contribution is 7.22. The summed E-state index contributed by atoms with van der Waals surface area (Å²) in [4.78, 5) is 9.93. The van der Waals surface area contributed by atoms with Crippen LogP contribution in [-0.4, -0.2) is 31.3 Å². The second-order valence-corrected chi connectivity index (χ2v) is 7.58. The molecule has 6 nitrogen and oxygen atoms in total. The van der Waals surface area contributed by atoms with Crippen molar-refractivity contribution >= 4 is 44.7 Å². The summed E-state index contributed by atoms with van der Waals surface area (Å²) in [6.07, 6.45) is 1.54. The lowest BCUT2D eigenvalue weighted by atomic mass is 10.2. The maximum absolute atomic E-state index is 6.01. The van der Waals surface area contributed by atoms with Crippen LogP contribution in [0.3, 0.4) is 0 Å². The number of halogens is 1. The zero-order valence-corrected chi connectivity index (χ0v) is 17.6. The smallest absolute Gasteiger partial charge is 0.203 e. The molecule has 148 valence electrons. The monoisotopic (exact) mass is 427 g/mol. The van der Waals surface area contributed by atoms with Gasteiger partial charge in [0.05, 0.1) is 31.5 Å². The third kappa shape index (κ3) is 3.79. The molecule has 2 aromatic heterocycles. The molecular weight excluding hydrogens is 410 g/mol. The van der Waals surface area contributed by atoms with Crippen molar-refractivity contribution in [3.05, 3.63) is 53.8 Å². The van der Waals surface area contributed by atoms with Crippen molar-refractivity contribution in [2.45, 2.75) is 0 Å². The Balaban J connectivity index is 1.74. The molecule has 0 atom stereocenters. The van der Waals surface area contributed by atoms with Gasteiger partial charge in [0.2, 0.25) is 5.75 Å². The number of aromatic nitrogens is 2. The molecule has 29 heavy (non-hydrogen) atoms. The van der Waals surface area contributed by atoms with Crippen molar-refractivity contribution in [3.8, 4) is 27.7 Å². The molecule has 0 saturated heterocycles. The molecule has 0 amide bonds. The standard InChI is InChI=1S/C21H18ClN3O3S/c1-26-16-8-14(9-17(27-2)19(16)28-3)25-21-20-15(23-11-24-21)10-18(29-20)12-4-6-13(22)7-5-12/h4-11H,1-3H3,(H,23,24,25). The molecule has 0 radical (unpaired) electrons. The fraction of sp³-hybridized carbons (Fsp3) is 0.143. The first kappa shape index (κ1) is 19.3. The molecule has 2 heterocycles. The Bertz CT molecular complexity index is 1140. The molecular formula is C21H18ClN3O3S. The van der Waals surface area contributed by atoms with E-state index >= 15 is 0 Å². The summed E-state index contributed by atoms with van der Waals surface area (Å²) < 4.78 is 17.2. The van der Waals surface area contributed by atoms with Crippen molar-refractivity contribution in [2.24, 2.45) is 0 Å². The van der Waals surface area contributed by atoms with Gasteiger partial charge in [-0.05, 0) is 23.8 Å². The van der Waals surface area contributed by atoms with E-state index in [9.17, 15) is 0 Å². The maximum Gasteiger partial charge on any atom is 0.203 e. The van der Waals surface area contributed by atoms with Crippen LogP contribution in [0.15, 0.2) is 48.8 Å². The summed E-state index contributed by atoms with van der Waals surface area (Å²) in [6, 6.07) is 13.5. The number of methoxy groups -OCH3 is 3. The van der Waals surface area contributed by atoms with Gasteiger partial charge in [-0.1, -0.05) is 23.7 Å². The molecule has 1 N–H and O–H groups in total. The van der Waals surface area contributed by atoms with E-state index in [1.807, 2.05) is 42.5 Å². The van der Waals surface area contributed by atoms with E-state index < -0.39 is 0 Å². The number of nitrogens with zero attached hydrogens (tertiary/aromatic N) is 2. The van der Waals surface area contributed by atoms with Crippen LogP contribution in [0, 0.1) is 0 Å². The Morgan fingerprint density at radius 1 is 0.897 bits per heavy atom. The largest absolute Gasteiger partial charge is 0.493 e. The number of hydrogen-bond donors (Lipinski definition) is 1. The minimum absolute atomic E-state index is 0.537. The highest BCUT2D eigenvalue weighted by atomic mass is 35.5. The Kier molecular flexibility index (Phi) is 5.42. The normalized spacial score (nSPS) is 10.8. The average Bonchev–Trinajstić information content (AvgIpc) is 3.19. The van der Waals surface area contributed by atoms with Gasteiger partial charge < -0.3 is 19.5 Å². The zero-order valence-electron chi connectivity index (χ0n) is 16.0. The van der Waals surface area contributed by atoms with Crippen LogP contribution in [0.2, 0.25) is 5.02 Å². The van der Waals surface area contributed by atoms with Crippen molar-refractivity contribution in [1.82, 2.24) is 9.97 Å². The topological polar surface area (TPSA) is 65.5 Å². The molecule has 2 aromatic carbocycles. The average molecular weight is 428 g/mol. The predicted octanol–water partition coefficient (Wildman–Crippen LogP) is 5.78. The highest BCUT2D eigenvalue weighted by Gasteiger charge is 2.15. The molecule has 0 aliphatic heterocycles. The van der Waals surface area contributed by atoms with Gasteiger partial charge in [-0.3, -0.25) is 0 Å². The van der Waals surface area contributed by atoms with Gasteiger partial charge in [0.1, 0.15) is 6.33 Å². The van der Waals surface area contributed by atoms with Crippen LogP contribution in [0.4, 0.5) is 11.5 Å². The van der Waals surface area contributed by atoms with Gasteiger partial charge in [0, 0.05) is 27.7 Å². The van der Waals surface area contributed by atoms with Crippen LogP contribution in [-0.2, 0) is 0 Å². The Labute approximate surface area is 177 Å². The molecule has 4 rings (SSSR count). The number of ether oxygens (including phenoxy) is 3. The van der Waals surface area contributed by atoms with Crippen LogP contribution in [0.25, 0.3) is 20.7 Å². The quantitative estimate of drug-likeness (QED) is 0.420. The Morgan fingerprint density at radius 3 is 2.21 bits per heavy atom. The lowest BCUT2D eigenvalue weighted by Gasteiger charge is -2.15. The van der Waals surface area contributed by atoms with Crippen molar-refractivity contribution in [3.63, 3.8) is 0 Å². The summed E-state index contributed by atoms with van der Waals surface area (Å²) in [5, 5.41) is 4.05. The maximum atomic E-state index is 6.01. The minimum Gasteiger partial charge on any atom is -0.493 e. The lowest BCUT2D eigenvalue weighted by molar-refractivity contribution is 0.324. The van der Waals surface area contributed by atoms with E-state index in [0.29, 0.717) is 28.1 Å². The molecule has 0 saturated carbocycles. The van der Waals surface area contributed by atoms with E-state index in [-0.39, 0.29) is 0 Å². The zero-order chi connectivity index (χ0) is 20.4. The van der Waals surface area contributed by atoms with Gasteiger partial charge in [0.25, 0.3) is 0 Å². The lowest BCUT2D eigenvalue weighted by Crippen LogP contribution is -1.99. The molecule has 0 spiro atoms. The molecule has 0 aliphatic rings. The number of fused-ring (bicyclic) bond motifs is 1. The first-order valence-corrected chi connectivity index (χ1v) is 9.90. The Morgan fingerprint density at radius 2 is 1.59 bits per heavy atom. The van der Waals surface area contributed by atoms with E-state index in [1.54, 1.807) is 39.0 Å². The van der Waals surface area contributed by atoms with Crippen molar-refractivity contribution < 1.29 is 14.2 Å². The highest BCUT2D eigenvalue weighted by Crippen LogP contribution is 2.42. The molecule has 0 bridgehead atoms. The summed E-state index contributed by atoms with van der Waals surface area (Å²) in [5.41, 5.74) is 2.71. The number of benzene rings is 2. The summed E-state index contributed by atoms with van der Waals surface area (Å²) >= 11 is 7.62. The van der Waals surface area contributed by atoms with Gasteiger partial charge in [-0.15, -0.1) is 11.3 Å². The molecule has 0 unspecified atom stereocenters. The summed E-state index contributed by atoms with van der Waals surface area (Å²) in [6.45, 7) is 0. The second kappa shape index (κ2) is 8.14. The molecule has 0 fully saturated rings.